The maximum absolute atomic E-state index is 12.4. The van der Waals surface area contributed by atoms with Crippen molar-refractivity contribution in [2.75, 3.05) is 6.54 Å². The lowest BCUT2D eigenvalue weighted by atomic mass is 10.2. The summed E-state index contributed by atoms with van der Waals surface area (Å²) in [4.78, 5) is 10.1. The van der Waals surface area contributed by atoms with Crippen molar-refractivity contribution in [3.8, 4) is 0 Å². The summed E-state index contributed by atoms with van der Waals surface area (Å²) in [6.45, 7) is 2.49. The van der Waals surface area contributed by atoms with E-state index in [2.05, 4.69) is 0 Å². The first-order valence-corrected chi connectivity index (χ1v) is 7.67. The Morgan fingerprint density at radius 2 is 2.00 bits per heavy atom. The van der Waals surface area contributed by atoms with Crippen LogP contribution in [0.25, 0.3) is 0 Å². The van der Waals surface area contributed by atoms with Gasteiger partial charge < -0.3 is 0 Å². The molecule has 1 atom stereocenters. The maximum Gasteiger partial charge on any atom is 0.269 e. The number of nitro benzene ring substituents is 1. The minimum Gasteiger partial charge on any atom is -0.258 e. The first kappa shape index (κ1) is 14.0. The van der Waals surface area contributed by atoms with Gasteiger partial charge in [0.25, 0.3) is 5.69 Å². The molecule has 1 heterocycles. The number of hydrogen-bond acceptors (Lipinski definition) is 4. The van der Waals surface area contributed by atoms with Crippen molar-refractivity contribution in [2.24, 2.45) is 0 Å². The highest BCUT2D eigenvalue weighted by molar-refractivity contribution is 7.89. The standard InChI is InChI=1S/C12H16N2O4S/c1-2-10-4-3-9-13(10)19(17,18)12-7-5-11(6-8-12)14(15)16/h5-8,10H,2-4,9H2,1H3/t10-/m0/s1. The molecule has 1 aliphatic rings. The molecule has 1 saturated heterocycles. The molecular weight excluding hydrogens is 268 g/mol. The fourth-order valence-electron chi connectivity index (χ4n) is 2.41. The van der Waals surface area contributed by atoms with E-state index in [1.54, 1.807) is 0 Å². The van der Waals surface area contributed by atoms with E-state index in [9.17, 15) is 18.5 Å². The monoisotopic (exact) mass is 284 g/mol. The van der Waals surface area contributed by atoms with Gasteiger partial charge in [0.1, 0.15) is 0 Å². The van der Waals surface area contributed by atoms with Crippen LogP contribution in [0.5, 0.6) is 0 Å². The van der Waals surface area contributed by atoms with Crippen LogP contribution in [0.4, 0.5) is 5.69 Å². The quantitative estimate of drug-likeness (QED) is 0.626. The first-order valence-electron chi connectivity index (χ1n) is 6.23. The first-order chi connectivity index (χ1) is 8.96. The van der Waals surface area contributed by atoms with Gasteiger partial charge in [-0.25, -0.2) is 8.42 Å². The Hall–Kier alpha value is -1.47. The Morgan fingerprint density at radius 1 is 1.37 bits per heavy atom. The molecule has 0 aromatic heterocycles. The van der Waals surface area contributed by atoms with Gasteiger partial charge in [0, 0.05) is 24.7 Å². The van der Waals surface area contributed by atoms with Gasteiger partial charge in [0.15, 0.2) is 0 Å². The van der Waals surface area contributed by atoms with E-state index in [1.165, 1.54) is 28.6 Å². The highest BCUT2D eigenvalue weighted by Gasteiger charge is 2.34. The van der Waals surface area contributed by atoms with Gasteiger partial charge in [-0.05, 0) is 31.4 Å². The molecule has 6 nitrogen and oxygen atoms in total. The summed E-state index contributed by atoms with van der Waals surface area (Å²) in [5.41, 5.74) is -0.104. The molecule has 0 N–H and O–H groups in total. The van der Waals surface area contributed by atoms with E-state index in [1.807, 2.05) is 6.92 Å². The summed E-state index contributed by atoms with van der Waals surface area (Å²) in [7, 11) is -3.53. The van der Waals surface area contributed by atoms with Crippen molar-refractivity contribution in [1.82, 2.24) is 4.31 Å². The van der Waals surface area contributed by atoms with E-state index >= 15 is 0 Å². The van der Waals surface area contributed by atoms with Crippen LogP contribution in [0, 0.1) is 10.1 Å². The topological polar surface area (TPSA) is 80.5 Å². The van der Waals surface area contributed by atoms with Gasteiger partial charge >= 0.3 is 0 Å². The van der Waals surface area contributed by atoms with Crippen molar-refractivity contribution < 1.29 is 13.3 Å². The number of rotatable bonds is 4. The lowest BCUT2D eigenvalue weighted by Gasteiger charge is -2.22. The Labute approximate surface area is 112 Å². The third-order valence-electron chi connectivity index (χ3n) is 3.45. The molecule has 1 aliphatic heterocycles. The van der Waals surface area contributed by atoms with Crippen LogP contribution >= 0.6 is 0 Å². The summed E-state index contributed by atoms with van der Waals surface area (Å²) in [6, 6.07) is 5.10. The van der Waals surface area contributed by atoms with Crippen molar-refractivity contribution in [1.29, 1.82) is 0 Å². The molecule has 1 aromatic rings. The smallest absolute Gasteiger partial charge is 0.258 e. The van der Waals surface area contributed by atoms with Gasteiger partial charge in [0.05, 0.1) is 9.82 Å². The highest BCUT2D eigenvalue weighted by atomic mass is 32.2. The summed E-state index contributed by atoms with van der Waals surface area (Å²) in [6.07, 6.45) is 2.53. The van der Waals surface area contributed by atoms with Gasteiger partial charge in [-0.2, -0.15) is 4.31 Å². The van der Waals surface area contributed by atoms with Crippen molar-refractivity contribution in [3.05, 3.63) is 34.4 Å². The van der Waals surface area contributed by atoms with Crippen LogP contribution in [0.1, 0.15) is 26.2 Å². The fraction of sp³-hybridized carbons (Fsp3) is 0.500. The lowest BCUT2D eigenvalue weighted by molar-refractivity contribution is -0.384. The zero-order chi connectivity index (χ0) is 14.0. The van der Waals surface area contributed by atoms with E-state index in [4.69, 9.17) is 0 Å². The van der Waals surface area contributed by atoms with Crippen LogP contribution in [-0.2, 0) is 10.0 Å². The van der Waals surface area contributed by atoms with Crippen molar-refractivity contribution >= 4 is 15.7 Å². The van der Waals surface area contributed by atoms with E-state index < -0.39 is 14.9 Å². The molecule has 0 spiro atoms. The molecule has 0 radical (unpaired) electrons. The van der Waals surface area contributed by atoms with Crippen LogP contribution in [0.15, 0.2) is 29.2 Å². The normalized spacial score (nSPS) is 20.6. The molecular formula is C12H16N2O4S. The molecule has 2 rings (SSSR count). The van der Waals surface area contributed by atoms with Crippen LogP contribution in [-0.4, -0.2) is 30.2 Å². The third kappa shape index (κ3) is 2.62. The number of sulfonamides is 1. The molecule has 104 valence electrons. The second-order valence-electron chi connectivity index (χ2n) is 4.57. The zero-order valence-electron chi connectivity index (χ0n) is 10.7. The average Bonchev–Trinajstić information content (AvgIpc) is 2.87. The van der Waals surface area contributed by atoms with Crippen LogP contribution < -0.4 is 0 Å². The number of nitrogens with zero attached hydrogens (tertiary/aromatic N) is 2. The predicted octanol–water partition coefficient (Wildman–Crippen LogP) is 2.16. The number of hydrogen-bond donors (Lipinski definition) is 0. The number of benzene rings is 1. The van der Waals surface area contributed by atoms with Gasteiger partial charge in [-0.15, -0.1) is 0 Å². The van der Waals surface area contributed by atoms with Gasteiger partial charge in [-0.3, -0.25) is 10.1 Å². The molecule has 0 aliphatic carbocycles. The second kappa shape index (κ2) is 5.26. The van der Waals surface area contributed by atoms with Gasteiger partial charge in [0.2, 0.25) is 10.0 Å². The molecule has 19 heavy (non-hydrogen) atoms. The summed E-state index contributed by atoms with van der Waals surface area (Å²) in [5, 5.41) is 10.6. The summed E-state index contributed by atoms with van der Waals surface area (Å²) < 4.78 is 26.4. The molecule has 0 unspecified atom stereocenters. The van der Waals surface area contributed by atoms with Crippen LogP contribution in [0.2, 0.25) is 0 Å². The SMILES string of the molecule is CC[C@H]1CCCN1S(=O)(=O)c1ccc([N+](=O)[O-])cc1. The maximum atomic E-state index is 12.4. The van der Waals surface area contributed by atoms with E-state index in [0.29, 0.717) is 6.54 Å². The van der Waals surface area contributed by atoms with Crippen LogP contribution in [0.3, 0.4) is 0 Å². The van der Waals surface area contributed by atoms with Crippen molar-refractivity contribution in [2.45, 2.75) is 37.1 Å². The Balaban J connectivity index is 2.31. The Bertz CT molecular complexity index is 568. The number of nitro groups is 1. The zero-order valence-corrected chi connectivity index (χ0v) is 11.5. The molecule has 7 heteroatoms. The summed E-state index contributed by atoms with van der Waals surface area (Å²) in [5.74, 6) is 0. The Kier molecular flexibility index (Phi) is 3.86. The summed E-state index contributed by atoms with van der Waals surface area (Å²) >= 11 is 0. The molecule has 1 fully saturated rings. The van der Waals surface area contributed by atoms with Gasteiger partial charge in [-0.1, -0.05) is 6.92 Å². The second-order valence-corrected chi connectivity index (χ2v) is 6.46. The predicted molar refractivity (Wildman–Crippen MR) is 70.3 cm³/mol. The van der Waals surface area contributed by atoms with E-state index in [-0.39, 0.29) is 16.6 Å². The minimum atomic E-state index is -3.53. The lowest BCUT2D eigenvalue weighted by Crippen LogP contribution is -2.35. The number of non-ortho nitro benzene ring substituents is 1. The molecule has 0 amide bonds. The highest BCUT2D eigenvalue weighted by Crippen LogP contribution is 2.28. The average molecular weight is 284 g/mol. The minimum absolute atomic E-state index is 0.0418. The van der Waals surface area contributed by atoms with Crippen molar-refractivity contribution in [3.63, 3.8) is 0 Å². The fourth-order valence-corrected chi connectivity index (χ4v) is 4.18. The Morgan fingerprint density at radius 3 is 2.53 bits per heavy atom. The largest absolute Gasteiger partial charge is 0.269 e. The molecule has 0 bridgehead atoms. The third-order valence-corrected chi connectivity index (χ3v) is 5.41. The molecule has 1 aromatic carbocycles. The van der Waals surface area contributed by atoms with E-state index in [0.717, 1.165) is 19.3 Å². The molecule has 0 saturated carbocycles.